The van der Waals surface area contributed by atoms with E-state index in [4.69, 9.17) is 15.7 Å². The second-order valence-corrected chi connectivity index (χ2v) is 3.36. The third-order valence-corrected chi connectivity index (χ3v) is 2.11. The van der Waals surface area contributed by atoms with E-state index < -0.39 is 0 Å². The molecule has 0 amide bonds. The molecule has 0 fully saturated rings. The summed E-state index contributed by atoms with van der Waals surface area (Å²) >= 11 is 0. The molecule has 84 valence electrons. The summed E-state index contributed by atoms with van der Waals surface area (Å²) in [5, 5.41) is 8.65. The maximum absolute atomic E-state index is 8.65. The fraction of sp³-hybridized carbons (Fsp3) is 0.0833. The van der Waals surface area contributed by atoms with E-state index >= 15 is 0 Å². The number of nitrogen functional groups attached to an aromatic ring is 1. The molecule has 0 saturated heterocycles. The number of aromatic nitrogens is 2. The summed E-state index contributed by atoms with van der Waals surface area (Å²) in [6, 6.07) is 11.0. The second-order valence-electron chi connectivity index (χ2n) is 3.36. The fourth-order valence-electron chi connectivity index (χ4n) is 1.25. The molecule has 17 heavy (non-hydrogen) atoms. The lowest BCUT2D eigenvalue weighted by Crippen LogP contribution is -2.01. The summed E-state index contributed by atoms with van der Waals surface area (Å²) in [4.78, 5) is 7.84. The van der Waals surface area contributed by atoms with Crippen LogP contribution in [0, 0.1) is 11.3 Å². The van der Waals surface area contributed by atoms with Gasteiger partial charge in [-0.15, -0.1) is 0 Å². The molecule has 2 aromatic rings. The van der Waals surface area contributed by atoms with Crippen molar-refractivity contribution in [2.24, 2.45) is 0 Å². The molecule has 0 bridgehead atoms. The van der Waals surface area contributed by atoms with Crippen LogP contribution >= 0.6 is 0 Å². The van der Waals surface area contributed by atoms with Gasteiger partial charge in [0.15, 0.2) is 0 Å². The van der Waals surface area contributed by atoms with Crippen molar-refractivity contribution in [2.75, 3.05) is 5.73 Å². The Hall–Kier alpha value is -2.61. The number of rotatable bonds is 3. The van der Waals surface area contributed by atoms with Crippen LogP contribution in [0.25, 0.3) is 0 Å². The summed E-state index contributed by atoms with van der Waals surface area (Å²) < 4.78 is 5.36. The highest BCUT2D eigenvalue weighted by atomic mass is 16.5. The second kappa shape index (κ2) is 4.94. The molecule has 0 aliphatic rings. The molecule has 2 N–H and O–H groups in total. The Morgan fingerprint density at radius 2 is 2.00 bits per heavy atom. The minimum atomic E-state index is 0.245. The molecule has 2 rings (SSSR count). The van der Waals surface area contributed by atoms with Gasteiger partial charge < -0.3 is 10.5 Å². The predicted molar refractivity (Wildman–Crippen MR) is 61.9 cm³/mol. The van der Waals surface area contributed by atoms with Crippen molar-refractivity contribution < 1.29 is 4.74 Å². The molecule has 0 unspecified atom stereocenters. The summed E-state index contributed by atoms with van der Waals surface area (Å²) in [7, 11) is 0. The van der Waals surface area contributed by atoms with Crippen LogP contribution in [0.15, 0.2) is 36.5 Å². The van der Waals surface area contributed by atoms with Gasteiger partial charge in [-0.3, -0.25) is 0 Å². The normalized spacial score (nSPS) is 9.59. The molecule has 0 saturated carbocycles. The zero-order chi connectivity index (χ0) is 12.1. The average Bonchev–Trinajstić information content (AvgIpc) is 2.37. The fourth-order valence-corrected chi connectivity index (χ4v) is 1.25. The van der Waals surface area contributed by atoms with Gasteiger partial charge in [0.05, 0.1) is 11.6 Å². The molecule has 5 heteroatoms. The van der Waals surface area contributed by atoms with E-state index in [2.05, 4.69) is 16.0 Å². The number of anilines is 1. The molecule has 0 spiro atoms. The SMILES string of the molecule is N#Cc1ccc(COc2nccc(N)n2)cc1. The third-order valence-electron chi connectivity index (χ3n) is 2.11. The topological polar surface area (TPSA) is 84.8 Å². The lowest BCUT2D eigenvalue weighted by molar-refractivity contribution is 0.281. The van der Waals surface area contributed by atoms with Gasteiger partial charge in [0.2, 0.25) is 0 Å². The maximum atomic E-state index is 8.65. The van der Waals surface area contributed by atoms with Crippen molar-refractivity contribution >= 4 is 5.82 Å². The maximum Gasteiger partial charge on any atom is 0.318 e. The van der Waals surface area contributed by atoms with E-state index in [0.29, 0.717) is 18.0 Å². The van der Waals surface area contributed by atoms with Crippen LogP contribution in [0.5, 0.6) is 6.01 Å². The largest absolute Gasteiger partial charge is 0.459 e. The van der Waals surface area contributed by atoms with Crippen molar-refractivity contribution in [3.8, 4) is 12.1 Å². The minimum Gasteiger partial charge on any atom is -0.459 e. The Bertz CT molecular complexity index is 545. The van der Waals surface area contributed by atoms with Gasteiger partial charge in [0.1, 0.15) is 12.4 Å². The lowest BCUT2D eigenvalue weighted by atomic mass is 10.2. The van der Waals surface area contributed by atoms with Gasteiger partial charge in [0, 0.05) is 6.20 Å². The number of hydrogen-bond donors (Lipinski definition) is 1. The number of ether oxygens (including phenoxy) is 1. The summed E-state index contributed by atoms with van der Waals surface area (Å²) in [6.45, 7) is 0.342. The highest BCUT2D eigenvalue weighted by Gasteiger charge is 1.99. The molecule has 0 aliphatic carbocycles. The first-order valence-corrected chi connectivity index (χ1v) is 4.98. The van der Waals surface area contributed by atoms with Crippen LogP contribution in [0.4, 0.5) is 5.82 Å². The van der Waals surface area contributed by atoms with E-state index in [1.807, 2.05) is 12.1 Å². The van der Waals surface area contributed by atoms with E-state index in [1.165, 1.54) is 6.20 Å². The Morgan fingerprint density at radius 3 is 2.65 bits per heavy atom. The van der Waals surface area contributed by atoms with Crippen LogP contribution in [-0.4, -0.2) is 9.97 Å². The summed E-state index contributed by atoms with van der Waals surface area (Å²) in [6.07, 6.45) is 1.54. The molecule has 1 heterocycles. The molecule has 1 aromatic carbocycles. The lowest BCUT2D eigenvalue weighted by Gasteiger charge is -2.04. The first-order valence-electron chi connectivity index (χ1n) is 4.98. The summed E-state index contributed by atoms with van der Waals surface area (Å²) in [5.74, 6) is 0.370. The van der Waals surface area contributed by atoms with Crippen molar-refractivity contribution in [3.05, 3.63) is 47.7 Å². The van der Waals surface area contributed by atoms with Crippen molar-refractivity contribution in [1.29, 1.82) is 5.26 Å². The molecule has 1 aromatic heterocycles. The van der Waals surface area contributed by atoms with E-state index in [0.717, 1.165) is 5.56 Å². The highest BCUT2D eigenvalue weighted by Crippen LogP contribution is 2.08. The van der Waals surface area contributed by atoms with Crippen LogP contribution < -0.4 is 10.5 Å². The Morgan fingerprint density at radius 1 is 1.24 bits per heavy atom. The number of hydrogen-bond acceptors (Lipinski definition) is 5. The minimum absolute atomic E-state index is 0.245. The van der Waals surface area contributed by atoms with Gasteiger partial charge in [-0.05, 0) is 23.8 Å². The van der Waals surface area contributed by atoms with Gasteiger partial charge in [0.25, 0.3) is 0 Å². The predicted octanol–water partition coefficient (Wildman–Crippen LogP) is 1.51. The Labute approximate surface area is 98.5 Å². The summed E-state index contributed by atoms with van der Waals surface area (Å²) in [5.41, 5.74) is 7.06. The van der Waals surface area contributed by atoms with Gasteiger partial charge in [-0.1, -0.05) is 12.1 Å². The molecule has 5 nitrogen and oxygen atoms in total. The van der Waals surface area contributed by atoms with Crippen LogP contribution in [0.2, 0.25) is 0 Å². The smallest absolute Gasteiger partial charge is 0.318 e. The third kappa shape index (κ3) is 2.92. The first-order chi connectivity index (χ1) is 8.28. The zero-order valence-electron chi connectivity index (χ0n) is 9.00. The van der Waals surface area contributed by atoms with Gasteiger partial charge in [-0.2, -0.15) is 10.2 Å². The quantitative estimate of drug-likeness (QED) is 0.857. The number of benzene rings is 1. The molecular weight excluding hydrogens is 216 g/mol. The van der Waals surface area contributed by atoms with Crippen molar-refractivity contribution in [1.82, 2.24) is 9.97 Å². The standard InChI is InChI=1S/C12H10N4O/c13-7-9-1-3-10(4-2-9)8-17-12-15-6-5-11(14)16-12/h1-6H,8H2,(H2,14,15,16). The number of nitriles is 1. The van der Waals surface area contributed by atoms with Crippen molar-refractivity contribution in [3.63, 3.8) is 0 Å². The van der Waals surface area contributed by atoms with Crippen LogP contribution in [0.1, 0.15) is 11.1 Å². The number of nitrogens with zero attached hydrogens (tertiary/aromatic N) is 3. The monoisotopic (exact) mass is 226 g/mol. The highest BCUT2D eigenvalue weighted by molar-refractivity contribution is 5.31. The molecule has 0 aliphatic heterocycles. The molecule has 0 atom stereocenters. The van der Waals surface area contributed by atoms with E-state index in [9.17, 15) is 0 Å². The van der Waals surface area contributed by atoms with Crippen LogP contribution in [-0.2, 0) is 6.61 Å². The Balaban J connectivity index is 2.00. The van der Waals surface area contributed by atoms with Crippen LogP contribution in [0.3, 0.4) is 0 Å². The van der Waals surface area contributed by atoms with Gasteiger partial charge in [-0.25, -0.2) is 4.98 Å². The number of nitrogens with two attached hydrogens (primary N) is 1. The van der Waals surface area contributed by atoms with Gasteiger partial charge >= 0.3 is 6.01 Å². The average molecular weight is 226 g/mol. The molecule has 0 radical (unpaired) electrons. The van der Waals surface area contributed by atoms with E-state index in [1.54, 1.807) is 18.2 Å². The van der Waals surface area contributed by atoms with E-state index in [-0.39, 0.29) is 6.01 Å². The first kappa shape index (κ1) is 10.9. The molecular formula is C12H10N4O. The zero-order valence-corrected chi connectivity index (χ0v) is 9.00. The van der Waals surface area contributed by atoms with Crippen molar-refractivity contribution in [2.45, 2.75) is 6.61 Å². The Kier molecular flexibility index (Phi) is 3.17.